The van der Waals surface area contributed by atoms with Crippen LogP contribution in [0.4, 0.5) is 5.69 Å². The summed E-state index contributed by atoms with van der Waals surface area (Å²) in [6.07, 6.45) is 1.26. The first-order valence-electron chi connectivity index (χ1n) is 6.03. The minimum Gasteiger partial charge on any atom is -0.342 e. The van der Waals surface area contributed by atoms with E-state index in [-0.39, 0.29) is 5.75 Å². The summed E-state index contributed by atoms with van der Waals surface area (Å²) in [5.41, 5.74) is 2.18. The van der Waals surface area contributed by atoms with E-state index in [9.17, 15) is 8.42 Å². The molecule has 0 aliphatic heterocycles. The second-order valence-electron chi connectivity index (χ2n) is 4.37. The van der Waals surface area contributed by atoms with Crippen LogP contribution in [0.2, 0.25) is 0 Å². The Morgan fingerprint density at radius 1 is 1.37 bits per heavy atom. The summed E-state index contributed by atoms with van der Waals surface area (Å²) in [6.45, 7) is 1.86. The van der Waals surface area contributed by atoms with Crippen molar-refractivity contribution < 1.29 is 8.42 Å². The summed E-state index contributed by atoms with van der Waals surface area (Å²) < 4.78 is 26.2. The van der Waals surface area contributed by atoms with E-state index in [4.69, 9.17) is 11.6 Å². The molecule has 1 aromatic carbocycles. The number of aryl methyl sites for hydroxylation is 1. The lowest BCUT2D eigenvalue weighted by Gasteiger charge is -2.07. The fourth-order valence-corrected chi connectivity index (χ4v) is 3.18. The molecule has 0 radical (unpaired) electrons. The van der Waals surface area contributed by atoms with Crippen LogP contribution in [0.3, 0.4) is 0 Å². The highest BCUT2D eigenvalue weighted by Gasteiger charge is 2.10. The Hall–Kier alpha value is -1.27. The molecule has 0 saturated carbocycles. The monoisotopic (exact) mass is 301 g/mol. The summed E-state index contributed by atoms with van der Waals surface area (Å²) in [5, 5.41) is 0. The number of nitrogens with zero attached hydrogens (tertiary/aromatic N) is 1. The predicted molar refractivity (Wildman–Crippen MR) is 78.2 cm³/mol. The number of hydrogen-bond acceptors (Lipinski definition) is 3. The fraction of sp³-hybridized carbons (Fsp3) is 0.417. The topological polar surface area (TPSA) is 74.8 Å². The standard InChI is InChI=1S/C12H16ClN3O2S/c1-9-14-11-5-4-10(8-12(11)15-9)16-19(17,18)7-3-2-6-13/h4-5,8,16H,2-3,6-7H2,1H3,(H,14,15). The van der Waals surface area contributed by atoms with Crippen LogP contribution in [0.5, 0.6) is 0 Å². The number of halogens is 1. The molecule has 2 N–H and O–H groups in total. The van der Waals surface area contributed by atoms with Crippen molar-refractivity contribution in [3.63, 3.8) is 0 Å². The molecule has 0 spiro atoms. The molecule has 1 heterocycles. The molecule has 7 heteroatoms. The zero-order valence-electron chi connectivity index (χ0n) is 10.6. The lowest BCUT2D eigenvalue weighted by Crippen LogP contribution is -2.16. The van der Waals surface area contributed by atoms with Crippen LogP contribution in [0.25, 0.3) is 11.0 Å². The maximum absolute atomic E-state index is 11.8. The molecule has 104 valence electrons. The number of benzene rings is 1. The van der Waals surface area contributed by atoms with Gasteiger partial charge in [-0.2, -0.15) is 0 Å². The average molecular weight is 302 g/mol. The fourth-order valence-electron chi connectivity index (χ4n) is 1.82. The molecule has 2 rings (SSSR count). The van der Waals surface area contributed by atoms with Crippen molar-refractivity contribution in [3.8, 4) is 0 Å². The third kappa shape index (κ3) is 3.84. The van der Waals surface area contributed by atoms with Crippen LogP contribution in [-0.4, -0.2) is 30.0 Å². The van der Waals surface area contributed by atoms with Crippen LogP contribution in [0, 0.1) is 6.92 Å². The number of aromatic amines is 1. The number of anilines is 1. The number of unbranched alkanes of at least 4 members (excludes halogenated alkanes) is 1. The van der Waals surface area contributed by atoms with Crippen molar-refractivity contribution in [1.82, 2.24) is 9.97 Å². The van der Waals surface area contributed by atoms with Gasteiger partial charge in [-0.3, -0.25) is 4.72 Å². The van der Waals surface area contributed by atoms with Crippen molar-refractivity contribution in [3.05, 3.63) is 24.0 Å². The first-order valence-corrected chi connectivity index (χ1v) is 8.22. The number of hydrogen-bond donors (Lipinski definition) is 2. The van der Waals surface area contributed by atoms with Gasteiger partial charge in [0.2, 0.25) is 10.0 Å². The molecule has 2 aromatic rings. The number of fused-ring (bicyclic) bond motifs is 1. The van der Waals surface area contributed by atoms with E-state index in [2.05, 4.69) is 14.7 Å². The van der Waals surface area contributed by atoms with Crippen LogP contribution >= 0.6 is 11.6 Å². The van der Waals surface area contributed by atoms with Crippen LogP contribution in [0.1, 0.15) is 18.7 Å². The molecule has 0 saturated heterocycles. The van der Waals surface area contributed by atoms with E-state index in [0.29, 0.717) is 24.4 Å². The molecule has 0 bridgehead atoms. The summed E-state index contributed by atoms with van der Waals surface area (Å²) in [4.78, 5) is 7.34. The molecule has 0 atom stereocenters. The number of aromatic nitrogens is 2. The predicted octanol–water partition coefficient (Wildman–Crippen LogP) is 2.63. The van der Waals surface area contributed by atoms with Gasteiger partial charge in [0.25, 0.3) is 0 Å². The molecule has 0 amide bonds. The molecule has 19 heavy (non-hydrogen) atoms. The minimum absolute atomic E-state index is 0.0831. The van der Waals surface area contributed by atoms with Gasteiger partial charge in [0, 0.05) is 5.88 Å². The van der Waals surface area contributed by atoms with Crippen LogP contribution in [0.15, 0.2) is 18.2 Å². The van der Waals surface area contributed by atoms with E-state index in [1.807, 2.05) is 6.92 Å². The van der Waals surface area contributed by atoms with Crippen LogP contribution < -0.4 is 4.72 Å². The maximum Gasteiger partial charge on any atom is 0.232 e. The molecule has 0 aliphatic carbocycles. The SMILES string of the molecule is Cc1nc2ccc(NS(=O)(=O)CCCCCl)cc2[nH]1. The quantitative estimate of drug-likeness (QED) is 0.636. The highest BCUT2D eigenvalue weighted by Crippen LogP contribution is 2.18. The van der Waals surface area contributed by atoms with E-state index >= 15 is 0 Å². The minimum atomic E-state index is -3.31. The lowest BCUT2D eigenvalue weighted by molar-refractivity contribution is 0.598. The summed E-state index contributed by atoms with van der Waals surface area (Å²) >= 11 is 5.53. The van der Waals surface area contributed by atoms with Gasteiger partial charge in [-0.05, 0) is 38.0 Å². The Morgan fingerprint density at radius 2 is 2.16 bits per heavy atom. The second kappa shape index (κ2) is 5.79. The van der Waals surface area contributed by atoms with E-state index in [1.165, 1.54) is 0 Å². The molecule has 0 fully saturated rings. The van der Waals surface area contributed by atoms with E-state index in [1.54, 1.807) is 18.2 Å². The highest BCUT2D eigenvalue weighted by molar-refractivity contribution is 7.92. The van der Waals surface area contributed by atoms with Gasteiger partial charge in [0.05, 0.1) is 22.5 Å². The van der Waals surface area contributed by atoms with Crippen molar-refractivity contribution in [1.29, 1.82) is 0 Å². The van der Waals surface area contributed by atoms with Gasteiger partial charge in [-0.15, -0.1) is 11.6 Å². The van der Waals surface area contributed by atoms with Crippen molar-refractivity contribution in [2.75, 3.05) is 16.4 Å². The Balaban J connectivity index is 2.11. The zero-order chi connectivity index (χ0) is 13.9. The molecular weight excluding hydrogens is 286 g/mol. The summed E-state index contributed by atoms with van der Waals surface area (Å²) in [5.74, 6) is 1.37. The molecular formula is C12H16ClN3O2S. The zero-order valence-corrected chi connectivity index (χ0v) is 12.2. The first-order chi connectivity index (χ1) is 9.00. The average Bonchev–Trinajstić information content (AvgIpc) is 2.68. The number of imidazole rings is 1. The highest BCUT2D eigenvalue weighted by atomic mass is 35.5. The van der Waals surface area contributed by atoms with E-state index < -0.39 is 10.0 Å². The number of alkyl halides is 1. The van der Waals surface area contributed by atoms with E-state index in [0.717, 1.165) is 16.9 Å². The Morgan fingerprint density at radius 3 is 2.89 bits per heavy atom. The Labute approximate surface area is 117 Å². The largest absolute Gasteiger partial charge is 0.342 e. The number of H-pyrrole nitrogens is 1. The number of sulfonamides is 1. The van der Waals surface area contributed by atoms with Gasteiger partial charge in [-0.1, -0.05) is 0 Å². The number of rotatable bonds is 6. The Bertz CT molecular complexity index is 667. The molecule has 1 aromatic heterocycles. The molecule has 0 aliphatic rings. The second-order valence-corrected chi connectivity index (χ2v) is 6.59. The van der Waals surface area contributed by atoms with Gasteiger partial charge in [-0.25, -0.2) is 13.4 Å². The van der Waals surface area contributed by atoms with Gasteiger partial charge in [0.1, 0.15) is 5.82 Å². The normalized spacial score (nSPS) is 11.9. The van der Waals surface area contributed by atoms with Gasteiger partial charge in [0.15, 0.2) is 0 Å². The number of nitrogens with one attached hydrogen (secondary N) is 2. The molecule has 0 unspecified atom stereocenters. The Kier molecular flexibility index (Phi) is 4.31. The smallest absolute Gasteiger partial charge is 0.232 e. The van der Waals surface area contributed by atoms with Crippen molar-refractivity contribution >= 4 is 38.3 Å². The van der Waals surface area contributed by atoms with Crippen LogP contribution in [-0.2, 0) is 10.0 Å². The third-order valence-corrected chi connectivity index (χ3v) is 4.31. The van der Waals surface area contributed by atoms with Crippen molar-refractivity contribution in [2.24, 2.45) is 0 Å². The van der Waals surface area contributed by atoms with Gasteiger partial charge >= 0.3 is 0 Å². The summed E-state index contributed by atoms with van der Waals surface area (Å²) in [6, 6.07) is 5.24. The first kappa shape index (κ1) is 14.1. The van der Waals surface area contributed by atoms with Gasteiger partial charge < -0.3 is 4.98 Å². The summed E-state index contributed by atoms with van der Waals surface area (Å²) in [7, 11) is -3.31. The maximum atomic E-state index is 11.8. The third-order valence-electron chi connectivity index (χ3n) is 2.67. The molecule has 5 nitrogen and oxygen atoms in total. The van der Waals surface area contributed by atoms with Crippen molar-refractivity contribution in [2.45, 2.75) is 19.8 Å². The lowest BCUT2D eigenvalue weighted by atomic mass is 10.3.